The van der Waals surface area contributed by atoms with Crippen molar-refractivity contribution in [2.75, 3.05) is 7.05 Å². The molecule has 0 saturated carbocycles. The molecule has 0 bridgehead atoms. The second kappa shape index (κ2) is 6.83. The number of nitrogens with zero attached hydrogens (tertiary/aromatic N) is 1. The molecular formula is C16H17BrN2O2. The number of nitro benzene ring substituents is 1. The summed E-state index contributed by atoms with van der Waals surface area (Å²) in [5.41, 5.74) is 3.17. The number of hydrogen-bond acceptors (Lipinski definition) is 3. The molecule has 1 N–H and O–H groups in total. The molecule has 2 aromatic carbocycles. The number of rotatable bonds is 5. The average Bonchev–Trinajstić information content (AvgIpc) is 2.47. The summed E-state index contributed by atoms with van der Waals surface area (Å²) in [6, 6.07) is 13.0. The predicted molar refractivity (Wildman–Crippen MR) is 87.5 cm³/mol. The molecule has 2 rings (SSSR count). The van der Waals surface area contributed by atoms with Gasteiger partial charge in [0.2, 0.25) is 0 Å². The molecule has 5 heteroatoms. The fourth-order valence-corrected chi connectivity index (χ4v) is 2.90. The molecule has 0 saturated heterocycles. The van der Waals surface area contributed by atoms with E-state index in [9.17, 15) is 10.1 Å². The van der Waals surface area contributed by atoms with Crippen molar-refractivity contribution in [1.29, 1.82) is 0 Å². The van der Waals surface area contributed by atoms with Crippen LogP contribution in [-0.2, 0) is 6.42 Å². The predicted octanol–water partition coefficient (Wildman–Crippen LogP) is 4.17. The van der Waals surface area contributed by atoms with Gasteiger partial charge in [-0.2, -0.15) is 0 Å². The molecule has 4 nitrogen and oxygen atoms in total. The topological polar surface area (TPSA) is 55.2 Å². The number of benzene rings is 2. The van der Waals surface area contributed by atoms with Gasteiger partial charge in [0, 0.05) is 22.1 Å². The van der Waals surface area contributed by atoms with Crippen molar-refractivity contribution in [3.63, 3.8) is 0 Å². The van der Waals surface area contributed by atoms with E-state index in [1.165, 1.54) is 0 Å². The largest absolute Gasteiger partial charge is 0.313 e. The number of para-hydroxylation sites is 1. The van der Waals surface area contributed by atoms with Crippen molar-refractivity contribution in [1.82, 2.24) is 5.32 Å². The van der Waals surface area contributed by atoms with Gasteiger partial charge in [0.1, 0.15) is 0 Å². The molecule has 0 radical (unpaired) electrons. The van der Waals surface area contributed by atoms with Gasteiger partial charge in [0.25, 0.3) is 5.69 Å². The van der Waals surface area contributed by atoms with E-state index in [0.717, 1.165) is 21.2 Å². The number of aryl methyl sites for hydroxylation is 1. The first-order valence-corrected chi connectivity index (χ1v) is 7.48. The van der Waals surface area contributed by atoms with Gasteiger partial charge in [-0.15, -0.1) is 0 Å². The molecule has 0 aliphatic heterocycles. The van der Waals surface area contributed by atoms with Crippen LogP contribution in [0.3, 0.4) is 0 Å². The quantitative estimate of drug-likeness (QED) is 0.651. The van der Waals surface area contributed by atoms with Crippen LogP contribution in [0.15, 0.2) is 46.9 Å². The summed E-state index contributed by atoms with van der Waals surface area (Å²) in [4.78, 5) is 10.8. The highest BCUT2D eigenvalue weighted by Crippen LogP contribution is 2.29. The van der Waals surface area contributed by atoms with Gasteiger partial charge in [0.05, 0.1) is 4.92 Å². The molecular weight excluding hydrogens is 332 g/mol. The van der Waals surface area contributed by atoms with Crippen molar-refractivity contribution in [3.8, 4) is 0 Å². The van der Waals surface area contributed by atoms with E-state index in [1.807, 2.05) is 38.2 Å². The van der Waals surface area contributed by atoms with Crippen LogP contribution in [0, 0.1) is 17.0 Å². The Hall–Kier alpha value is -1.72. The standard InChI is InChI=1S/C16H17BrN2O2/c1-11-7-8-14(17)13(9-11)15(18-2)10-12-5-3-4-6-16(12)19(20)21/h3-9,15,18H,10H2,1-2H3. The molecule has 0 heterocycles. The van der Waals surface area contributed by atoms with Gasteiger partial charge >= 0.3 is 0 Å². The van der Waals surface area contributed by atoms with E-state index in [2.05, 4.69) is 27.3 Å². The molecule has 1 atom stereocenters. The fourth-order valence-electron chi connectivity index (χ4n) is 2.38. The highest BCUT2D eigenvalue weighted by molar-refractivity contribution is 9.10. The maximum atomic E-state index is 11.1. The summed E-state index contributed by atoms with van der Waals surface area (Å²) < 4.78 is 1.01. The molecule has 0 aliphatic carbocycles. The summed E-state index contributed by atoms with van der Waals surface area (Å²) >= 11 is 3.56. The van der Waals surface area contributed by atoms with Crippen molar-refractivity contribution in [3.05, 3.63) is 73.7 Å². The Kier molecular flexibility index (Phi) is 5.09. The Bertz CT molecular complexity index is 658. The van der Waals surface area contributed by atoms with E-state index < -0.39 is 0 Å². The third-order valence-corrected chi connectivity index (χ3v) is 4.21. The minimum Gasteiger partial charge on any atom is -0.313 e. The van der Waals surface area contributed by atoms with Crippen LogP contribution in [-0.4, -0.2) is 12.0 Å². The number of halogens is 1. The Morgan fingerprint density at radius 1 is 1.29 bits per heavy atom. The molecule has 0 amide bonds. The fraction of sp³-hybridized carbons (Fsp3) is 0.250. The van der Waals surface area contributed by atoms with Crippen LogP contribution in [0.4, 0.5) is 5.69 Å². The van der Waals surface area contributed by atoms with Crippen molar-refractivity contribution in [2.45, 2.75) is 19.4 Å². The van der Waals surface area contributed by atoms with Gasteiger partial charge in [-0.1, -0.05) is 51.8 Å². The van der Waals surface area contributed by atoms with Crippen LogP contribution in [0.25, 0.3) is 0 Å². The number of nitro groups is 1. The van der Waals surface area contributed by atoms with Crippen LogP contribution in [0.5, 0.6) is 0 Å². The first-order valence-electron chi connectivity index (χ1n) is 6.68. The average molecular weight is 349 g/mol. The Morgan fingerprint density at radius 2 is 2.00 bits per heavy atom. The zero-order valence-corrected chi connectivity index (χ0v) is 13.6. The van der Waals surface area contributed by atoms with Gasteiger partial charge in [-0.3, -0.25) is 10.1 Å². The van der Waals surface area contributed by atoms with E-state index in [0.29, 0.717) is 6.42 Å². The summed E-state index contributed by atoms with van der Waals surface area (Å²) in [6.07, 6.45) is 0.565. The first-order chi connectivity index (χ1) is 10.0. The van der Waals surface area contributed by atoms with Crippen molar-refractivity contribution in [2.24, 2.45) is 0 Å². The second-order valence-corrected chi connectivity index (χ2v) is 5.81. The van der Waals surface area contributed by atoms with Crippen LogP contribution in [0.1, 0.15) is 22.7 Å². The van der Waals surface area contributed by atoms with Gasteiger partial charge in [0.15, 0.2) is 0 Å². The molecule has 0 aliphatic rings. The molecule has 1 unspecified atom stereocenters. The summed E-state index contributed by atoms with van der Waals surface area (Å²) in [5, 5.41) is 14.4. The van der Waals surface area contributed by atoms with Crippen molar-refractivity contribution < 1.29 is 4.92 Å². The van der Waals surface area contributed by atoms with Gasteiger partial charge in [-0.25, -0.2) is 0 Å². The zero-order valence-electron chi connectivity index (χ0n) is 12.0. The Labute approximate surface area is 132 Å². The highest BCUT2D eigenvalue weighted by atomic mass is 79.9. The SMILES string of the molecule is CNC(Cc1ccccc1[N+](=O)[O-])c1cc(C)ccc1Br. The lowest BCUT2D eigenvalue weighted by atomic mass is 9.97. The van der Waals surface area contributed by atoms with Crippen LogP contribution in [0.2, 0.25) is 0 Å². The molecule has 2 aromatic rings. The molecule has 0 spiro atoms. The molecule has 110 valence electrons. The Balaban J connectivity index is 2.36. The summed E-state index contributed by atoms with van der Waals surface area (Å²) in [5.74, 6) is 0. The third-order valence-electron chi connectivity index (χ3n) is 3.49. The lowest BCUT2D eigenvalue weighted by molar-refractivity contribution is -0.385. The summed E-state index contributed by atoms with van der Waals surface area (Å²) in [7, 11) is 1.87. The van der Waals surface area contributed by atoms with Crippen LogP contribution >= 0.6 is 15.9 Å². The van der Waals surface area contributed by atoms with E-state index in [1.54, 1.807) is 12.1 Å². The smallest absolute Gasteiger partial charge is 0.272 e. The normalized spacial score (nSPS) is 12.1. The van der Waals surface area contributed by atoms with E-state index >= 15 is 0 Å². The molecule has 0 fully saturated rings. The minimum absolute atomic E-state index is 0.0142. The van der Waals surface area contributed by atoms with E-state index in [-0.39, 0.29) is 16.7 Å². The third kappa shape index (κ3) is 3.68. The Morgan fingerprint density at radius 3 is 2.67 bits per heavy atom. The second-order valence-electron chi connectivity index (χ2n) is 4.96. The highest BCUT2D eigenvalue weighted by Gasteiger charge is 2.19. The number of likely N-dealkylation sites (N-methyl/N-ethyl adjacent to an activating group) is 1. The minimum atomic E-state index is -0.326. The number of hydrogen-bond donors (Lipinski definition) is 1. The zero-order chi connectivity index (χ0) is 15.4. The lowest BCUT2D eigenvalue weighted by Gasteiger charge is -2.19. The monoisotopic (exact) mass is 348 g/mol. The lowest BCUT2D eigenvalue weighted by Crippen LogP contribution is -2.20. The maximum absolute atomic E-state index is 11.1. The van der Waals surface area contributed by atoms with Crippen LogP contribution < -0.4 is 5.32 Å². The molecule has 21 heavy (non-hydrogen) atoms. The van der Waals surface area contributed by atoms with Gasteiger partial charge in [-0.05, 0) is 32.0 Å². The van der Waals surface area contributed by atoms with Crippen molar-refractivity contribution >= 4 is 21.6 Å². The van der Waals surface area contributed by atoms with Gasteiger partial charge < -0.3 is 5.32 Å². The summed E-state index contributed by atoms with van der Waals surface area (Å²) in [6.45, 7) is 2.04. The van der Waals surface area contributed by atoms with E-state index in [4.69, 9.17) is 0 Å². The molecule has 0 aromatic heterocycles. The maximum Gasteiger partial charge on any atom is 0.272 e. The first kappa shape index (κ1) is 15.7. The number of nitrogens with one attached hydrogen (secondary N) is 1.